The monoisotopic (exact) mass is 532 g/mol. The Bertz CT molecular complexity index is 1410. The summed E-state index contributed by atoms with van der Waals surface area (Å²) in [5.74, 6) is -4.31. The highest BCUT2D eigenvalue weighted by atomic mass is 16.6. The van der Waals surface area contributed by atoms with Gasteiger partial charge in [0.15, 0.2) is 11.5 Å². The summed E-state index contributed by atoms with van der Waals surface area (Å²) in [5.41, 5.74) is 0.738. The second kappa shape index (κ2) is 13.7. The van der Waals surface area contributed by atoms with Crippen molar-refractivity contribution >= 4 is 35.4 Å². The van der Waals surface area contributed by atoms with E-state index in [0.29, 0.717) is 11.1 Å². The molecule has 0 fully saturated rings. The molecule has 2 aromatic rings. The second-order valence-electron chi connectivity index (χ2n) is 7.41. The van der Waals surface area contributed by atoms with Crippen molar-refractivity contribution in [2.75, 3.05) is 0 Å². The largest absolute Gasteiger partial charge is 0.423 e. The molecular weight excluding hydrogens is 508 g/mol. The van der Waals surface area contributed by atoms with Gasteiger partial charge in [0.2, 0.25) is 0 Å². The lowest BCUT2D eigenvalue weighted by Gasteiger charge is -2.15. The summed E-state index contributed by atoms with van der Waals surface area (Å²) < 4.78 is 25.9. The molecule has 39 heavy (non-hydrogen) atoms. The molecular formula is C29H24O10. The van der Waals surface area contributed by atoms with E-state index in [1.807, 2.05) is 0 Å². The standard InChI is InChI=1S/C29H24O10/c1-7-25(30)35-19-11-13-21(23(15-19)37-27(32)9-3)17(5)18(6)29(34)39-22-14-12-20(36-26(31)8-2)16-24(22)38-28(33)10-4/h7-16H,1-4H2,5-6H3. The van der Waals surface area contributed by atoms with Crippen LogP contribution in [0.2, 0.25) is 0 Å². The van der Waals surface area contributed by atoms with Gasteiger partial charge in [-0.05, 0) is 43.7 Å². The Labute approximate surface area is 224 Å². The third kappa shape index (κ3) is 8.25. The van der Waals surface area contributed by atoms with Crippen LogP contribution in [0, 0.1) is 0 Å². The Morgan fingerprint density at radius 1 is 0.564 bits per heavy atom. The fourth-order valence-corrected chi connectivity index (χ4v) is 2.82. The maximum absolute atomic E-state index is 13.0. The van der Waals surface area contributed by atoms with Crippen LogP contribution in [-0.4, -0.2) is 29.8 Å². The van der Waals surface area contributed by atoms with E-state index in [2.05, 4.69) is 26.3 Å². The summed E-state index contributed by atoms with van der Waals surface area (Å²) in [6.45, 7) is 16.3. The fourth-order valence-electron chi connectivity index (χ4n) is 2.82. The molecule has 0 N–H and O–H groups in total. The zero-order chi connectivity index (χ0) is 29.1. The average molecular weight is 533 g/mol. The van der Waals surface area contributed by atoms with Crippen molar-refractivity contribution in [2.24, 2.45) is 0 Å². The molecule has 0 aliphatic heterocycles. The van der Waals surface area contributed by atoms with Gasteiger partial charge in [-0.2, -0.15) is 0 Å². The second-order valence-corrected chi connectivity index (χ2v) is 7.41. The van der Waals surface area contributed by atoms with Crippen LogP contribution >= 0.6 is 0 Å². The predicted molar refractivity (Wildman–Crippen MR) is 140 cm³/mol. The molecule has 0 heterocycles. The van der Waals surface area contributed by atoms with Crippen LogP contribution in [0.1, 0.15) is 19.4 Å². The highest BCUT2D eigenvalue weighted by Gasteiger charge is 2.20. The van der Waals surface area contributed by atoms with Gasteiger partial charge in [-0.25, -0.2) is 24.0 Å². The van der Waals surface area contributed by atoms with Crippen molar-refractivity contribution in [3.05, 3.63) is 98.2 Å². The summed E-state index contributed by atoms with van der Waals surface area (Å²) >= 11 is 0. The van der Waals surface area contributed by atoms with Gasteiger partial charge in [-0.15, -0.1) is 0 Å². The Kier molecular flexibility index (Phi) is 10.4. The maximum atomic E-state index is 13.0. The van der Waals surface area contributed by atoms with Gasteiger partial charge in [-0.1, -0.05) is 26.3 Å². The minimum Gasteiger partial charge on any atom is -0.423 e. The van der Waals surface area contributed by atoms with Crippen molar-refractivity contribution < 1.29 is 47.7 Å². The zero-order valence-corrected chi connectivity index (χ0v) is 21.2. The number of hydrogen-bond donors (Lipinski definition) is 0. The van der Waals surface area contributed by atoms with E-state index in [4.69, 9.17) is 23.7 Å². The molecule has 200 valence electrons. The quantitative estimate of drug-likeness (QED) is 0.232. The van der Waals surface area contributed by atoms with Crippen molar-refractivity contribution in [3.8, 4) is 28.7 Å². The predicted octanol–water partition coefficient (Wildman–Crippen LogP) is 4.45. The lowest BCUT2D eigenvalue weighted by atomic mass is 10.0. The first kappa shape index (κ1) is 29.7. The Balaban J connectivity index is 2.46. The highest BCUT2D eigenvalue weighted by molar-refractivity contribution is 5.99. The van der Waals surface area contributed by atoms with E-state index in [9.17, 15) is 24.0 Å². The molecule has 2 rings (SSSR count). The lowest BCUT2D eigenvalue weighted by molar-refractivity contribution is -0.132. The number of carbonyl (C=O) groups excluding carboxylic acids is 5. The molecule has 0 atom stereocenters. The van der Waals surface area contributed by atoms with Gasteiger partial charge in [0.1, 0.15) is 17.2 Å². The smallest absolute Gasteiger partial charge is 0.339 e. The van der Waals surface area contributed by atoms with Crippen LogP contribution in [0.15, 0.2) is 92.6 Å². The molecule has 0 bridgehead atoms. The molecule has 2 aromatic carbocycles. The number of rotatable bonds is 11. The molecule has 10 heteroatoms. The van der Waals surface area contributed by atoms with Crippen LogP contribution in [0.3, 0.4) is 0 Å². The summed E-state index contributed by atoms with van der Waals surface area (Å²) in [6, 6.07) is 7.95. The molecule has 10 nitrogen and oxygen atoms in total. The van der Waals surface area contributed by atoms with Crippen molar-refractivity contribution in [3.63, 3.8) is 0 Å². The molecule has 0 amide bonds. The number of carbonyl (C=O) groups is 5. The summed E-state index contributed by atoms with van der Waals surface area (Å²) in [4.78, 5) is 59.8. The maximum Gasteiger partial charge on any atom is 0.339 e. The highest BCUT2D eigenvalue weighted by Crippen LogP contribution is 2.35. The van der Waals surface area contributed by atoms with Crippen LogP contribution < -0.4 is 23.7 Å². The van der Waals surface area contributed by atoms with Gasteiger partial charge >= 0.3 is 29.8 Å². The minimum atomic E-state index is -0.853. The average Bonchev–Trinajstić information content (AvgIpc) is 2.93. The van der Waals surface area contributed by atoms with E-state index in [1.165, 1.54) is 43.3 Å². The normalized spacial score (nSPS) is 10.6. The Morgan fingerprint density at radius 3 is 1.51 bits per heavy atom. The van der Waals surface area contributed by atoms with E-state index < -0.39 is 29.8 Å². The minimum absolute atomic E-state index is 0.000858. The molecule has 0 radical (unpaired) electrons. The third-order valence-corrected chi connectivity index (χ3v) is 4.87. The number of benzene rings is 2. The first-order valence-electron chi connectivity index (χ1n) is 11.1. The first-order valence-corrected chi connectivity index (χ1v) is 11.1. The number of allylic oxidation sites excluding steroid dienone is 1. The van der Waals surface area contributed by atoms with E-state index >= 15 is 0 Å². The number of ether oxygens (including phenoxy) is 5. The molecule has 0 saturated carbocycles. The van der Waals surface area contributed by atoms with Crippen LogP contribution in [0.4, 0.5) is 0 Å². The zero-order valence-electron chi connectivity index (χ0n) is 21.2. The molecule has 0 aliphatic rings. The van der Waals surface area contributed by atoms with Crippen molar-refractivity contribution in [1.29, 1.82) is 0 Å². The Hall–Kier alpha value is -5.51. The molecule has 0 aromatic heterocycles. The number of esters is 5. The first-order chi connectivity index (χ1) is 18.5. The van der Waals surface area contributed by atoms with Gasteiger partial charge in [0.05, 0.1) is 0 Å². The summed E-state index contributed by atoms with van der Waals surface area (Å²) in [7, 11) is 0. The van der Waals surface area contributed by atoms with Gasteiger partial charge < -0.3 is 23.7 Å². The van der Waals surface area contributed by atoms with Gasteiger partial charge in [0.25, 0.3) is 0 Å². The molecule has 0 saturated heterocycles. The molecule has 0 spiro atoms. The van der Waals surface area contributed by atoms with Crippen LogP contribution in [-0.2, 0) is 24.0 Å². The van der Waals surface area contributed by atoms with E-state index in [1.54, 1.807) is 6.92 Å². The van der Waals surface area contributed by atoms with Crippen LogP contribution in [0.25, 0.3) is 5.57 Å². The van der Waals surface area contributed by atoms with Crippen molar-refractivity contribution in [2.45, 2.75) is 13.8 Å². The number of hydrogen-bond acceptors (Lipinski definition) is 10. The molecule has 0 unspecified atom stereocenters. The third-order valence-electron chi connectivity index (χ3n) is 4.87. The summed E-state index contributed by atoms with van der Waals surface area (Å²) in [5, 5.41) is 0. The summed E-state index contributed by atoms with van der Waals surface area (Å²) in [6.07, 6.45) is 3.74. The lowest BCUT2D eigenvalue weighted by Crippen LogP contribution is -2.13. The van der Waals surface area contributed by atoms with Crippen molar-refractivity contribution in [1.82, 2.24) is 0 Å². The fraction of sp³-hybridized carbons (Fsp3) is 0.0690. The van der Waals surface area contributed by atoms with Crippen LogP contribution in [0.5, 0.6) is 28.7 Å². The SMILES string of the molecule is C=CC(=O)Oc1ccc(OC(=O)C(C)=C(C)c2ccc(OC(=O)C=C)cc2OC(=O)C=C)c(OC(=O)C=C)c1. The van der Waals surface area contributed by atoms with Gasteiger partial charge in [0, 0.05) is 47.6 Å². The van der Waals surface area contributed by atoms with E-state index in [-0.39, 0.29) is 34.3 Å². The molecule has 0 aliphatic carbocycles. The Morgan fingerprint density at radius 2 is 1.00 bits per heavy atom. The topological polar surface area (TPSA) is 132 Å². The van der Waals surface area contributed by atoms with E-state index in [0.717, 1.165) is 24.3 Å². The van der Waals surface area contributed by atoms with Gasteiger partial charge in [-0.3, -0.25) is 0 Å².